The molecule has 0 amide bonds. The highest BCUT2D eigenvalue weighted by molar-refractivity contribution is 5.27. The van der Waals surface area contributed by atoms with Crippen LogP contribution in [-0.4, -0.2) is 12.3 Å². The van der Waals surface area contributed by atoms with Crippen LogP contribution in [0.5, 0.6) is 0 Å². The van der Waals surface area contributed by atoms with E-state index in [0.717, 1.165) is 6.61 Å². The molecule has 1 atom stereocenters. The third kappa shape index (κ3) is 0.754. The topological polar surface area (TPSA) is 24.6 Å². The van der Waals surface area contributed by atoms with E-state index in [-0.39, 0.29) is 5.72 Å². The molecule has 0 radical (unpaired) electrons. The first-order valence-corrected chi connectivity index (χ1v) is 3.08. The van der Waals surface area contributed by atoms with Gasteiger partial charge in [0.25, 0.3) is 0 Å². The van der Waals surface area contributed by atoms with Crippen molar-refractivity contribution in [2.75, 3.05) is 6.61 Å². The van der Waals surface area contributed by atoms with Gasteiger partial charge in [-0.2, -0.15) is 0 Å². The molecule has 0 aromatic heterocycles. The van der Waals surface area contributed by atoms with Crippen LogP contribution in [0.15, 0.2) is 23.9 Å². The molecule has 0 aliphatic carbocycles. The molecule has 2 aliphatic heterocycles. The fourth-order valence-corrected chi connectivity index (χ4v) is 0.856. The van der Waals surface area contributed by atoms with Crippen LogP contribution in [0.3, 0.4) is 0 Å². The van der Waals surface area contributed by atoms with Crippen LogP contribution in [0.1, 0.15) is 6.92 Å². The summed E-state index contributed by atoms with van der Waals surface area (Å²) >= 11 is 0. The van der Waals surface area contributed by atoms with Gasteiger partial charge in [-0.1, -0.05) is 6.08 Å². The molecule has 9 heavy (non-hydrogen) atoms. The number of hydrogen-bond acceptors (Lipinski definition) is 2. The Bertz CT molecular complexity index is 189. The van der Waals surface area contributed by atoms with Gasteiger partial charge in [-0.3, -0.25) is 0 Å². The number of nitrogens with one attached hydrogen (secondary N) is 1. The van der Waals surface area contributed by atoms with E-state index in [1.165, 1.54) is 5.57 Å². The largest absolute Gasteiger partial charge is 0.358 e. The lowest BCUT2D eigenvalue weighted by atomic mass is 10.2. The summed E-state index contributed by atoms with van der Waals surface area (Å²) in [5.74, 6) is 0. The van der Waals surface area contributed by atoms with Crippen LogP contribution in [0.4, 0.5) is 0 Å². The summed E-state index contributed by atoms with van der Waals surface area (Å²) in [6.45, 7) is 2.87. The van der Waals surface area contributed by atoms with Crippen molar-refractivity contribution in [3.63, 3.8) is 0 Å². The summed E-state index contributed by atoms with van der Waals surface area (Å²) in [5, 5.41) is 3.15. The van der Waals surface area contributed by atoms with Crippen molar-refractivity contribution >= 4 is 0 Å². The lowest BCUT2D eigenvalue weighted by Gasteiger charge is -2.11. The Balaban J connectivity index is 2.18. The molecule has 1 N–H and O–H groups in total. The minimum Gasteiger partial charge on any atom is -0.358 e. The van der Waals surface area contributed by atoms with Gasteiger partial charge >= 0.3 is 0 Å². The molecule has 1 saturated heterocycles. The van der Waals surface area contributed by atoms with Crippen molar-refractivity contribution in [3.05, 3.63) is 23.9 Å². The maximum absolute atomic E-state index is 5.14. The second kappa shape index (κ2) is 1.39. The Morgan fingerprint density at radius 2 is 2.56 bits per heavy atom. The number of hydrogen-bond donors (Lipinski definition) is 1. The highest BCUT2D eigenvalue weighted by Gasteiger charge is 2.42. The van der Waals surface area contributed by atoms with Crippen LogP contribution in [0.2, 0.25) is 0 Å². The summed E-state index contributed by atoms with van der Waals surface area (Å²) in [7, 11) is 0. The van der Waals surface area contributed by atoms with Crippen LogP contribution in [0.25, 0.3) is 0 Å². The van der Waals surface area contributed by atoms with E-state index in [2.05, 4.69) is 24.4 Å². The SMILES string of the molecule is CC1=CNC2(C=C1)CO2. The molecule has 0 bridgehead atoms. The molecule has 2 heteroatoms. The molecule has 1 spiro atoms. The zero-order valence-corrected chi connectivity index (χ0v) is 5.35. The third-order valence-electron chi connectivity index (χ3n) is 1.61. The van der Waals surface area contributed by atoms with Crippen molar-refractivity contribution in [3.8, 4) is 0 Å². The predicted octanol–water partition coefficient (Wildman–Crippen LogP) is 0.776. The maximum Gasteiger partial charge on any atom is 0.181 e. The van der Waals surface area contributed by atoms with Crippen LogP contribution >= 0.6 is 0 Å². The molecule has 2 rings (SSSR count). The first kappa shape index (κ1) is 5.06. The Morgan fingerprint density at radius 1 is 1.78 bits per heavy atom. The standard InChI is InChI=1S/C7H9NO/c1-6-2-3-7(5-9-7)8-4-6/h2-4,8H,5H2,1H3. The van der Waals surface area contributed by atoms with E-state index < -0.39 is 0 Å². The van der Waals surface area contributed by atoms with E-state index in [4.69, 9.17) is 4.74 Å². The van der Waals surface area contributed by atoms with Crippen molar-refractivity contribution in [1.82, 2.24) is 5.32 Å². The molecule has 2 aliphatic rings. The lowest BCUT2D eigenvalue weighted by Crippen LogP contribution is -2.27. The van der Waals surface area contributed by atoms with Crippen LogP contribution in [-0.2, 0) is 4.74 Å². The Kier molecular flexibility index (Phi) is 0.781. The molecule has 0 aromatic rings. The Hall–Kier alpha value is -0.760. The van der Waals surface area contributed by atoms with E-state index in [0.29, 0.717) is 0 Å². The number of rotatable bonds is 0. The van der Waals surface area contributed by atoms with Gasteiger partial charge in [0.1, 0.15) is 6.61 Å². The fraction of sp³-hybridized carbons (Fsp3) is 0.429. The lowest BCUT2D eigenvalue weighted by molar-refractivity contribution is 0.325. The minimum absolute atomic E-state index is 0.0977. The van der Waals surface area contributed by atoms with Gasteiger partial charge in [-0.25, -0.2) is 0 Å². The normalized spacial score (nSPS) is 38.1. The average Bonchev–Trinajstić information content (AvgIpc) is 2.60. The average molecular weight is 123 g/mol. The molecule has 0 saturated carbocycles. The zero-order chi connectivity index (χ0) is 6.32. The minimum atomic E-state index is -0.0977. The van der Waals surface area contributed by atoms with Gasteiger partial charge in [0.05, 0.1) is 0 Å². The van der Waals surface area contributed by atoms with Crippen LogP contribution < -0.4 is 5.32 Å². The van der Waals surface area contributed by atoms with E-state index in [9.17, 15) is 0 Å². The van der Waals surface area contributed by atoms with E-state index in [1.54, 1.807) is 0 Å². The molecule has 48 valence electrons. The molecule has 0 aromatic carbocycles. The van der Waals surface area contributed by atoms with E-state index >= 15 is 0 Å². The molecular weight excluding hydrogens is 114 g/mol. The highest BCUT2D eigenvalue weighted by Crippen LogP contribution is 2.27. The summed E-state index contributed by atoms with van der Waals surface area (Å²) < 4.78 is 5.14. The zero-order valence-electron chi connectivity index (χ0n) is 5.35. The summed E-state index contributed by atoms with van der Waals surface area (Å²) in [4.78, 5) is 0. The summed E-state index contributed by atoms with van der Waals surface area (Å²) in [6, 6.07) is 0. The first-order chi connectivity index (χ1) is 4.31. The molecule has 1 fully saturated rings. The molecule has 2 heterocycles. The van der Waals surface area contributed by atoms with E-state index in [1.807, 2.05) is 6.20 Å². The van der Waals surface area contributed by atoms with Crippen molar-refractivity contribution in [2.24, 2.45) is 0 Å². The summed E-state index contributed by atoms with van der Waals surface area (Å²) in [6.07, 6.45) is 6.11. The predicted molar refractivity (Wildman–Crippen MR) is 34.7 cm³/mol. The fourth-order valence-electron chi connectivity index (χ4n) is 0.856. The maximum atomic E-state index is 5.14. The number of dihydropyridines is 1. The third-order valence-corrected chi connectivity index (χ3v) is 1.61. The number of allylic oxidation sites excluding steroid dienone is 2. The van der Waals surface area contributed by atoms with Gasteiger partial charge in [0.15, 0.2) is 5.72 Å². The van der Waals surface area contributed by atoms with Gasteiger partial charge in [0, 0.05) is 6.20 Å². The Labute approximate surface area is 54.2 Å². The molecule has 1 unspecified atom stereocenters. The first-order valence-electron chi connectivity index (χ1n) is 3.08. The summed E-state index contributed by atoms with van der Waals surface area (Å²) in [5.41, 5.74) is 1.15. The molecule has 2 nitrogen and oxygen atoms in total. The van der Waals surface area contributed by atoms with Crippen molar-refractivity contribution in [1.29, 1.82) is 0 Å². The van der Waals surface area contributed by atoms with Crippen LogP contribution in [0, 0.1) is 0 Å². The smallest absolute Gasteiger partial charge is 0.181 e. The van der Waals surface area contributed by atoms with Gasteiger partial charge in [-0.15, -0.1) is 0 Å². The Morgan fingerprint density at radius 3 is 3.00 bits per heavy atom. The van der Waals surface area contributed by atoms with Crippen molar-refractivity contribution < 1.29 is 4.74 Å². The quantitative estimate of drug-likeness (QED) is 0.481. The molecular formula is C7H9NO. The second-order valence-electron chi connectivity index (χ2n) is 2.54. The monoisotopic (exact) mass is 123 g/mol. The van der Waals surface area contributed by atoms with Gasteiger partial charge < -0.3 is 10.1 Å². The second-order valence-corrected chi connectivity index (χ2v) is 2.54. The van der Waals surface area contributed by atoms with Crippen molar-refractivity contribution in [2.45, 2.75) is 12.6 Å². The highest BCUT2D eigenvalue weighted by atomic mass is 16.6. The number of ether oxygens (including phenoxy) is 1. The number of epoxide rings is 1. The van der Waals surface area contributed by atoms with Gasteiger partial charge in [-0.05, 0) is 18.6 Å². The van der Waals surface area contributed by atoms with Gasteiger partial charge in [0.2, 0.25) is 0 Å².